The summed E-state index contributed by atoms with van der Waals surface area (Å²) in [6.45, 7) is 5.10. The molecule has 8 nitrogen and oxygen atoms in total. The molecule has 0 saturated heterocycles. The van der Waals surface area contributed by atoms with E-state index in [1.807, 2.05) is 0 Å². The Labute approximate surface area is 140 Å². The smallest absolute Gasteiger partial charge is 0.478 e. The van der Waals surface area contributed by atoms with Gasteiger partial charge in [-0.05, 0) is 25.5 Å². The summed E-state index contributed by atoms with van der Waals surface area (Å²) in [5, 5.41) is 21.4. The fourth-order valence-corrected chi connectivity index (χ4v) is 2.07. The molecule has 0 bridgehead atoms. The number of nitrogens with one attached hydrogen (secondary N) is 1. The Hall–Kier alpha value is -2.39. The third-order valence-corrected chi connectivity index (χ3v) is 3.11. The van der Waals surface area contributed by atoms with E-state index in [-0.39, 0.29) is 25.2 Å². The minimum Gasteiger partial charge on any atom is -0.481 e. The van der Waals surface area contributed by atoms with Gasteiger partial charge in [0, 0.05) is 0 Å². The predicted octanol–water partition coefficient (Wildman–Crippen LogP) is 0.167. The van der Waals surface area contributed by atoms with Crippen LogP contribution in [0, 0.1) is 0 Å². The molecule has 0 radical (unpaired) electrons. The van der Waals surface area contributed by atoms with Gasteiger partial charge in [0.1, 0.15) is 5.82 Å². The van der Waals surface area contributed by atoms with Crippen LogP contribution in [0.5, 0.6) is 0 Å². The van der Waals surface area contributed by atoms with Gasteiger partial charge in [-0.2, -0.15) is 0 Å². The van der Waals surface area contributed by atoms with Crippen molar-refractivity contribution in [2.75, 3.05) is 5.73 Å². The summed E-state index contributed by atoms with van der Waals surface area (Å²) in [5.41, 5.74) is 6.06. The molecule has 24 heavy (non-hydrogen) atoms. The third kappa shape index (κ3) is 7.25. The highest BCUT2D eigenvalue weighted by molar-refractivity contribution is 6.45. The largest absolute Gasteiger partial charge is 0.481 e. The SMILES string of the molecule is C=CC[C@H](NC(=O)Cc1cccc(N)n1)B(O)O[C@H](C)CC(=O)O. The van der Waals surface area contributed by atoms with Crippen LogP contribution in [0.25, 0.3) is 0 Å². The van der Waals surface area contributed by atoms with Crippen molar-refractivity contribution in [2.24, 2.45) is 0 Å². The van der Waals surface area contributed by atoms with E-state index in [4.69, 9.17) is 15.5 Å². The maximum absolute atomic E-state index is 12.1. The van der Waals surface area contributed by atoms with Crippen molar-refractivity contribution in [2.45, 2.75) is 38.2 Å². The molecule has 0 spiro atoms. The number of nitrogens with zero attached hydrogens (tertiary/aromatic N) is 1. The number of hydrogen-bond acceptors (Lipinski definition) is 6. The molecule has 5 N–H and O–H groups in total. The molecule has 0 aromatic carbocycles. The number of hydrogen-bond donors (Lipinski definition) is 4. The highest BCUT2D eigenvalue weighted by atomic mass is 16.5. The number of carbonyl (C=O) groups excluding carboxylic acids is 1. The molecular formula is C15H22BN3O5. The van der Waals surface area contributed by atoms with Gasteiger partial charge in [0.2, 0.25) is 5.91 Å². The fraction of sp³-hybridized carbons (Fsp3) is 0.400. The lowest BCUT2D eigenvalue weighted by Crippen LogP contribution is -2.49. The van der Waals surface area contributed by atoms with Crippen molar-refractivity contribution in [1.29, 1.82) is 0 Å². The van der Waals surface area contributed by atoms with Crippen LogP contribution in [-0.4, -0.2) is 46.2 Å². The van der Waals surface area contributed by atoms with E-state index in [9.17, 15) is 14.6 Å². The molecule has 0 aliphatic carbocycles. The maximum Gasteiger partial charge on any atom is 0.478 e. The number of aromatic nitrogens is 1. The molecule has 0 fully saturated rings. The number of amides is 1. The zero-order chi connectivity index (χ0) is 18.1. The van der Waals surface area contributed by atoms with E-state index in [1.165, 1.54) is 13.0 Å². The van der Waals surface area contributed by atoms with Crippen LogP contribution in [0.4, 0.5) is 5.82 Å². The maximum atomic E-state index is 12.1. The Bertz CT molecular complexity index is 584. The van der Waals surface area contributed by atoms with Gasteiger partial charge in [-0.15, -0.1) is 6.58 Å². The van der Waals surface area contributed by atoms with Gasteiger partial charge in [-0.25, -0.2) is 4.98 Å². The van der Waals surface area contributed by atoms with Crippen molar-refractivity contribution in [1.82, 2.24) is 10.3 Å². The van der Waals surface area contributed by atoms with Gasteiger partial charge in [-0.1, -0.05) is 12.1 Å². The minimum absolute atomic E-state index is 0.00389. The zero-order valence-corrected chi connectivity index (χ0v) is 13.5. The summed E-state index contributed by atoms with van der Waals surface area (Å²) in [6, 6.07) is 4.97. The minimum atomic E-state index is -1.35. The second-order valence-corrected chi connectivity index (χ2v) is 5.36. The number of nitrogen functional groups attached to an aromatic ring is 1. The van der Waals surface area contributed by atoms with Gasteiger partial charge in [0.15, 0.2) is 0 Å². The van der Waals surface area contributed by atoms with Crippen LogP contribution in [0.2, 0.25) is 0 Å². The molecule has 0 aliphatic rings. The monoisotopic (exact) mass is 335 g/mol. The molecule has 1 heterocycles. The molecule has 0 saturated carbocycles. The lowest BCUT2D eigenvalue weighted by molar-refractivity contribution is -0.138. The van der Waals surface area contributed by atoms with E-state index in [0.29, 0.717) is 11.5 Å². The first-order valence-electron chi connectivity index (χ1n) is 7.48. The standard InChI is InChI=1S/C15H22BN3O5/c1-3-5-12(16(23)24-10(2)8-15(21)22)19-14(20)9-11-6-4-7-13(17)18-11/h3-4,6-7,10,12,23H,1,5,8-9H2,2H3,(H2,17,18)(H,19,20)(H,21,22)/t10-,12+/m1/s1. The topological polar surface area (TPSA) is 135 Å². The van der Waals surface area contributed by atoms with Crippen LogP contribution >= 0.6 is 0 Å². The molecule has 1 aromatic heterocycles. The number of carbonyl (C=O) groups is 2. The first-order valence-corrected chi connectivity index (χ1v) is 7.48. The molecule has 1 rings (SSSR count). The van der Waals surface area contributed by atoms with Crippen LogP contribution in [0.15, 0.2) is 30.9 Å². The van der Waals surface area contributed by atoms with Crippen molar-refractivity contribution in [3.05, 3.63) is 36.5 Å². The summed E-state index contributed by atoms with van der Waals surface area (Å²) in [5.74, 6) is -1.83. The third-order valence-electron chi connectivity index (χ3n) is 3.11. The average Bonchev–Trinajstić information content (AvgIpc) is 2.45. The number of carboxylic acid groups (broad SMARTS) is 1. The average molecular weight is 335 g/mol. The van der Waals surface area contributed by atoms with E-state index >= 15 is 0 Å². The Morgan fingerprint density at radius 1 is 1.54 bits per heavy atom. The van der Waals surface area contributed by atoms with Gasteiger partial charge in [-0.3, -0.25) is 9.59 Å². The second kappa shape index (κ2) is 9.69. The number of aliphatic carboxylic acids is 1. The number of rotatable bonds is 10. The molecule has 0 aliphatic heterocycles. The van der Waals surface area contributed by atoms with Gasteiger partial charge >= 0.3 is 13.1 Å². The number of nitrogens with two attached hydrogens (primary N) is 1. The number of carboxylic acids is 1. The van der Waals surface area contributed by atoms with Gasteiger partial charge < -0.3 is 25.8 Å². The van der Waals surface area contributed by atoms with Gasteiger partial charge in [0.25, 0.3) is 0 Å². The van der Waals surface area contributed by atoms with E-state index < -0.39 is 25.1 Å². The molecule has 0 unspecified atom stereocenters. The molecule has 1 aromatic rings. The molecule has 1 amide bonds. The Kier molecular flexibility index (Phi) is 7.94. The quantitative estimate of drug-likeness (QED) is 0.353. The first-order chi connectivity index (χ1) is 11.3. The fourth-order valence-electron chi connectivity index (χ4n) is 2.07. The van der Waals surface area contributed by atoms with E-state index in [1.54, 1.807) is 18.2 Å². The highest BCUT2D eigenvalue weighted by Crippen LogP contribution is 2.06. The van der Waals surface area contributed by atoms with Crippen molar-refractivity contribution >= 4 is 24.8 Å². The summed E-state index contributed by atoms with van der Waals surface area (Å²) < 4.78 is 5.22. The zero-order valence-electron chi connectivity index (χ0n) is 13.5. The summed E-state index contributed by atoms with van der Waals surface area (Å²) in [7, 11) is -1.35. The van der Waals surface area contributed by atoms with Crippen LogP contribution < -0.4 is 11.1 Å². The Morgan fingerprint density at radius 2 is 2.25 bits per heavy atom. The Balaban J connectivity index is 2.61. The molecule has 9 heteroatoms. The van der Waals surface area contributed by atoms with E-state index in [0.717, 1.165) is 0 Å². The first kappa shape index (κ1) is 19.7. The summed E-state index contributed by atoms with van der Waals surface area (Å²) >= 11 is 0. The van der Waals surface area contributed by atoms with Crippen LogP contribution in [0.3, 0.4) is 0 Å². The Morgan fingerprint density at radius 3 is 2.83 bits per heavy atom. The lowest BCUT2D eigenvalue weighted by Gasteiger charge is -2.22. The highest BCUT2D eigenvalue weighted by Gasteiger charge is 2.29. The van der Waals surface area contributed by atoms with E-state index in [2.05, 4.69) is 16.9 Å². The lowest BCUT2D eigenvalue weighted by atomic mass is 9.76. The number of pyridine rings is 1. The normalized spacial score (nSPS) is 12.9. The molecule has 2 atom stereocenters. The predicted molar refractivity (Wildman–Crippen MR) is 89.9 cm³/mol. The second-order valence-electron chi connectivity index (χ2n) is 5.36. The van der Waals surface area contributed by atoms with Crippen LogP contribution in [0.1, 0.15) is 25.5 Å². The van der Waals surface area contributed by atoms with Crippen molar-refractivity contribution < 1.29 is 24.4 Å². The van der Waals surface area contributed by atoms with Crippen LogP contribution in [-0.2, 0) is 20.7 Å². The van der Waals surface area contributed by atoms with Crippen molar-refractivity contribution in [3.8, 4) is 0 Å². The summed E-state index contributed by atoms with van der Waals surface area (Å²) in [6.07, 6.45) is 0.835. The van der Waals surface area contributed by atoms with Crippen molar-refractivity contribution in [3.63, 3.8) is 0 Å². The number of anilines is 1. The molecule has 130 valence electrons. The summed E-state index contributed by atoms with van der Waals surface area (Å²) in [4.78, 5) is 26.8. The van der Waals surface area contributed by atoms with Gasteiger partial charge in [0.05, 0.1) is 30.6 Å². The molecular weight excluding hydrogens is 313 g/mol.